The maximum Gasteiger partial charge on any atom is 0.573 e. The molecule has 252 valence electrons. The van der Waals surface area contributed by atoms with Gasteiger partial charge in [-0.15, -0.1) is 26.3 Å². The summed E-state index contributed by atoms with van der Waals surface area (Å²) in [5, 5.41) is 2.90. The number of esters is 1. The van der Waals surface area contributed by atoms with E-state index in [-0.39, 0.29) is 37.1 Å². The smallest absolute Gasteiger partial charge is 0.459 e. The highest BCUT2D eigenvalue weighted by atomic mass is 19.4. The van der Waals surface area contributed by atoms with Gasteiger partial charge in [-0.05, 0) is 59.4 Å². The van der Waals surface area contributed by atoms with Gasteiger partial charge in [-0.1, -0.05) is 84.9 Å². The quantitative estimate of drug-likeness (QED) is 0.137. The molecule has 0 spiro atoms. The van der Waals surface area contributed by atoms with Gasteiger partial charge in [0.25, 0.3) is 0 Å². The molecule has 0 saturated carbocycles. The van der Waals surface area contributed by atoms with Crippen LogP contribution in [0.5, 0.6) is 11.5 Å². The zero-order valence-electron chi connectivity index (χ0n) is 25.3. The first kappa shape index (κ1) is 34.1. The third-order valence-corrected chi connectivity index (χ3v) is 7.76. The molecule has 48 heavy (non-hydrogen) atoms. The van der Waals surface area contributed by atoms with Gasteiger partial charge in [-0.2, -0.15) is 0 Å². The number of nitrogens with one attached hydrogen (secondary N) is 1. The van der Waals surface area contributed by atoms with E-state index < -0.39 is 47.8 Å². The van der Waals surface area contributed by atoms with Crippen molar-refractivity contribution in [1.82, 2.24) is 10.2 Å². The summed E-state index contributed by atoms with van der Waals surface area (Å²) < 4.78 is 93.6. The molecule has 0 bridgehead atoms. The number of rotatable bonds is 10. The van der Waals surface area contributed by atoms with Crippen LogP contribution in [0.1, 0.15) is 35.1 Å². The lowest BCUT2D eigenvalue weighted by Gasteiger charge is -2.39. The molecule has 4 aromatic rings. The summed E-state index contributed by atoms with van der Waals surface area (Å²) in [5.74, 6) is -1.88. The van der Waals surface area contributed by atoms with Crippen LogP contribution in [-0.4, -0.2) is 42.2 Å². The van der Waals surface area contributed by atoms with Crippen molar-refractivity contribution in [3.8, 4) is 11.5 Å². The molecule has 4 aromatic carbocycles. The molecule has 1 aliphatic heterocycles. The number of urea groups is 1. The Morgan fingerprint density at radius 2 is 1.23 bits per heavy atom. The predicted octanol–water partition coefficient (Wildman–Crippen LogP) is 7.89. The lowest BCUT2D eigenvalue weighted by molar-refractivity contribution is -0.275. The van der Waals surface area contributed by atoms with Gasteiger partial charge in [0.15, 0.2) is 0 Å². The van der Waals surface area contributed by atoms with Crippen LogP contribution in [0.4, 0.5) is 31.1 Å². The number of carbonyl (C=O) groups is 2. The first-order chi connectivity index (χ1) is 22.8. The largest absolute Gasteiger partial charge is 0.573 e. The number of benzene rings is 4. The molecule has 7 nitrogen and oxygen atoms in total. The molecular formula is C35H30F6N2O5. The zero-order valence-corrected chi connectivity index (χ0v) is 25.3. The van der Waals surface area contributed by atoms with Crippen molar-refractivity contribution in [2.24, 2.45) is 0 Å². The highest BCUT2D eigenvalue weighted by Gasteiger charge is 2.43. The zero-order chi connectivity index (χ0) is 34.4. The molecule has 0 aliphatic carbocycles. The molecule has 0 radical (unpaired) electrons. The summed E-state index contributed by atoms with van der Waals surface area (Å²) in [6.45, 7) is 0.119. The lowest BCUT2D eigenvalue weighted by atomic mass is 9.77. The Bertz CT molecular complexity index is 1640. The Kier molecular flexibility index (Phi) is 10.2. The van der Waals surface area contributed by atoms with Crippen LogP contribution in [0.3, 0.4) is 0 Å². The van der Waals surface area contributed by atoms with E-state index in [0.717, 1.165) is 29.8 Å². The Morgan fingerprint density at radius 3 is 1.75 bits per heavy atom. The molecule has 1 aliphatic rings. The van der Waals surface area contributed by atoms with E-state index in [9.17, 15) is 35.9 Å². The Hall–Kier alpha value is -5.20. The van der Waals surface area contributed by atoms with Crippen molar-refractivity contribution < 1.29 is 50.1 Å². The van der Waals surface area contributed by atoms with Gasteiger partial charge in [-0.25, -0.2) is 9.59 Å². The summed E-state index contributed by atoms with van der Waals surface area (Å²) >= 11 is 0. The average molecular weight is 673 g/mol. The Labute approximate surface area is 272 Å². The first-order valence-corrected chi connectivity index (χ1v) is 14.9. The molecule has 0 aromatic heterocycles. The van der Waals surface area contributed by atoms with E-state index in [0.29, 0.717) is 12.0 Å². The highest BCUT2D eigenvalue weighted by molar-refractivity contribution is 5.85. The molecule has 2 amide bonds. The molecule has 1 saturated heterocycles. The van der Waals surface area contributed by atoms with Crippen LogP contribution in [0, 0.1) is 0 Å². The number of hydrogen-bond acceptors (Lipinski definition) is 5. The van der Waals surface area contributed by atoms with Crippen LogP contribution in [-0.2, 0) is 28.1 Å². The monoisotopic (exact) mass is 672 g/mol. The number of ether oxygens (including phenoxy) is 3. The molecule has 1 N–H and O–H groups in total. The van der Waals surface area contributed by atoms with Crippen LogP contribution in [0.2, 0.25) is 0 Å². The van der Waals surface area contributed by atoms with Crippen molar-refractivity contribution in [3.05, 3.63) is 131 Å². The second kappa shape index (κ2) is 14.3. The fourth-order valence-electron chi connectivity index (χ4n) is 5.71. The van der Waals surface area contributed by atoms with Gasteiger partial charge >= 0.3 is 24.7 Å². The van der Waals surface area contributed by atoms with Crippen LogP contribution in [0.25, 0.3) is 0 Å². The maximum absolute atomic E-state index is 14.2. The molecule has 0 unspecified atom stereocenters. The Balaban J connectivity index is 1.57. The van der Waals surface area contributed by atoms with Crippen molar-refractivity contribution >= 4 is 12.0 Å². The molecule has 13 heteroatoms. The van der Waals surface area contributed by atoms with Gasteiger partial charge in [0, 0.05) is 13.0 Å². The van der Waals surface area contributed by atoms with Crippen LogP contribution < -0.4 is 14.8 Å². The van der Waals surface area contributed by atoms with E-state index >= 15 is 0 Å². The number of amides is 2. The minimum Gasteiger partial charge on any atom is -0.459 e. The lowest BCUT2D eigenvalue weighted by Crippen LogP contribution is -2.55. The number of likely N-dealkylation sites (tertiary alicyclic amines) is 1. The number of alkyl halides is 6. The molecule has 1 fully saturated rings. The number of nitrogens with zero attached hydrogens (tertiary/aromatic N) is 1. The number of halogens is 6. The second-order valence-corrected chi connectivity index (χ2v) is 11.1. The highest BCUT2D eigenvalue weighted by Crippen LogP contribution is 2.39. The third kappa shape index (κ3) is 8.78. The standard InChI is InChI=1S/C35H30F6N2O5/c36-34(37,38)47-28-16-7-14-26(20-28)33(22-24-10-3-1-4-11-24,27-15-8-17-29(21-27)48-35(39,40)41)42-32(45)43-19-9-18-30(43)31(44)46-23-25-12-5-2-6-13-25/h1-8,10-17,20-21,30H,9,18-19,22-23H2,(H,42,45)/t30-/m0/s1. The predicted molar refractivity (Wildman–Crippen MR) is 162 cm³/mol. The normalized spacial score (nSPS) is 15.1. The van der Waals surface area contributed by atoms with Crippen LogP contribution in [0.15, 0.2) is 109 Å². The van der Waals surface area contributed by atoms with E-state index in [1.165, 1.54) is 29.2 Å². The van der Waals surface area contributed by atoms with E-state index in [2.05, 4.69) is 14.8 Å². The fourth-order valence-corrected chi connectivity index (χ4v) is 5.71. The van der Waals surface area contributed by atoms with Gasteiger partial charge in [-0.3, -0.25) is 0 Å². The number of carbonyl (C=O) groups excluding carboxylic acids is 2. The molecular weight excluding hydrogens is 642 g/mol. The van der Waals surface area contributed by atoms with E-state index in [4.69, 9.17) is 4.74 Å². The topological polar surface area (TPSA) is 77.1 Å². The molecule has 1 heterocycles. The number of hydrogen-bond donors (Lipinski definition) is 1. The third-order valence-electron chi connectivity index (χ3n) is 7.76. The van der Waals surface area contributed by atoms with Gasteiger partial charge in [0.2, 0.25) is 0 Å². The van der Waals surface area contributed by atoms with Crippen LogP contribution >= 0.6 is 0 Å². The second-order valence-electron chi connectivity index (χ2n) is 11.1. The maximum atomic E-state index is 14.2. The Morgan fingerprint density at radius 1 is 0.708 bits per heavy atom. The summed E-state index contributed by atoms with van der Waals surface area (Å²) in [4.78, 5) is 28.7. The van der Waals surface area contributed by atoms with Gasteiger partial charge in [0.1, 0.15) is 24.1 Å². The first-order valence-electron chi connectivity index (χ1n) is 14.9. The summed E-state index contributed by atoms with van der Waals surface area (Å²) in [7, 11) is 0. The van der Waals surface area contributed by atoms with Gasteiger partial charge in [0.05, 0.1) is 5.54 Å². The molecule has 5 rings (SSSR count). The van der Waals surface area contributed by atoms with E-state index in [1.54, 1.807) is 54.6 Å². The minimum absolute atomic E-state index is 0.0262. The molecule has 1 atom stereocenters. The van der Waals surface area contributed by atoms with Gasteiger partial charge < -0.3 is 24.4 Å². The summed E-state index contributed by atoms with van der Waals surface area (Å²) in [6.07, 6.45) is -9.48. The SMILES string of the molecule is O=C(OCc1ccccc1)[C@@H]1CCCN1C(=O)NC(Cc1ccccc1)(c1cccc(OC(F)(F)F)c1)c1cccc(OC(F)(F)F)c1. The van der Waals surface area contributed by atoms with Crippen molar-refractivity contribution in [2.75, 3.05) is 6.54 Å². The van der Waals surface area contributed by atoms with E-state index in [1.807, 2.05) is 6.07 Å². The average Bonchev–Trinajstić information content (AvgIpc) is 3.54. The minimum atomic E-state index is -5.05. The van der Waals surface area contributed by atoms with Crippen molar-refractivity contribution in [3.63, 3.8) is 0 Å². The summed E-state index contributed by atoms with van der Waals surface area (Å²) in [6, 6.07) is 25.4. The fraction of sp³-hybridized carbons (Fsp3) is 0.257. The summed E-state index contributed by atoms with van der Waals surface area (Å²) in [5.41, 5.74) is -0.345. The van der Waals surface area contributed by atoms with Crippen molar-refractivity contribution in [1.29, 1.82) is 0 Å². The van der Waals surface area contributed by atoms with Crippen molar-refractivity contribution in [2.45, 2.75) is 50.2 Å².